The van der Waals surface area contributed by atoms with Gasteiger partial charge in [-0.1, -0.05) is 29.7 Å². The standard InChI is InChI=1S/C20H28O4/c1-12-7-8-20(2)10-15-13(11-23-3)5-6-14(15)18(19(22)24-4)17(21)9-16(12)20/h10,13-14,18H,5-9,11H2,1-4H3/b15-10-/t13-,14?,18+,20-/m1/s1. The van der Waals surface area contributed by atoms with Crippen LogP contribution in [-0.4, -0.2) is 32.6 Å². The first kappa shape index (κ1) is 17.4. The van der Waals surface area contributed by atoms with Gasteiger partial charge >= 0.3 is 5.97 Å². The predicted octanol–water partition coefficient (Wildman–Crippen LogP) is 3.46. The Hall–Kier alpha value is -1.42. The molecule has 0 saturated heterocycles. The number of hydrogen-bond acceptors (Lipinski definition) is 4. The molecular formula is C20H28O4. The molecule has 3 rings (SSSR count). The van der Waals surface area contributed by atoms with Gasteiger partial charge in [0.15, 0.2) is 5.78 Å². The van der Waals surface area contributed by atoms with Crippen molar-refractivity contribution in [3.05, 3.63) is 22.8 Å². The Bertz CT molecular complexity index is 615. The van der Waals surface area contributed by atoms with Crippen LogP contribution in [0.1, 0.15) is 46.0 Å². The van der Waals surface area contributed by atoms with E-state index in [2.05, 4.69) is 19.9 Å². The Morgan fingerprint density at radius 1 is 1.33 bits per heavy atom. The molecule has 4 heteroatoms. The summed E-state index contributed by atoms with van der Waals surface area (Å²) in [4.78, 5) is 25.4. The third kappa shape index (κ3) is 2.75. The van der Waals surface area contributed by atoms with E-state index in [4.69, 9.17) is 9.47 Å². The maximum absolute atomic E-state index is 13.0. The smallest absolute Gasteiger partial charge is 0.316 e. The van der Waals surface area contributed by atoms with Gasteiger partial charge in [-0.05, 0) is 32.6 Å². The number of carbonyl (C=O) groups is 2. The van der Waals surface area contributed by atoms with Gasteiger partial charge < -0.3 is 9.47 Å². The molecule has 24 heavy (non-hydrogen) atoms. The Kier molecular flexibility index (Phi) is 4.69. The normalized spacial score (nSPS) is 38.1. The second-order valence-electron chi connectivity index (χ2n) is 7.80. The second-order valence-corrected chi connectivity index (χ2v) is 7.80. The maximum Gasteiger partial charge on any atom is 0.316 e. The van der Waals surface area contributed by atoms with Crippen LogP contribution in [0.2, 0.25) is 0 Å². The molecule has 132 valence electrons. The van der Waals surface area contributed by atoms with Gasteiger partial charge in [0, 0.05) is 30.8 Å². The van der Waals surface area contributed by atoms with E-state index in [9.17, 15) is 9.59 Å². The van der Waals surface area contributed by atoms with E-state index in [-0.39, 0.29) is 23.1 Å². The highest BCUT2D eigenvalue weighted by Crippen LogP contribution is 2.52. The first-order valence-electron chi connectivity index (χ1n) is 8.92. The first-order chi connectivity index (χ1) is 11.4. The van der Waals surface area contributed by atoms with Crippen molar-refractivity contribution in [2.24, 2.45) is 23.2 Å². The highest BCUT2D eigenvalue weighted by atomic mass is 16.5. The average Bonchev–Trinajstić information content (AvgIpc) is 3.03. The molecule has 0 aromatic heterocycles. The van der Waals surface area contributed by atoms with Crippen molar-refractivity contribution in [1.29, 1.82) is 0 Å². The molecule has 1 unspecified atom stereocenters. The minimum atomic E-state index is -0.659. The number of fused-ring (bicyclic) bond motifs is 2. The van der Waals surface area contributed by atoms with Crippen LogP contribution in [0.3, 0.4) is 0 Å². The van der Waals surface area contributed by atoms with Crippen LogP contribution in [0.4, 0.5) is 0 Å². The molecule has 0 spiro atoms. The van der Waals surface area contributed by atoms with Gasteiger partial charge in [-0.2, -0.15) is 0 Å². The molecule has 4 nitrogen and oxygen atoms in total. The fourth-order valence-electron chi connectivity index (χ4n) is 5.03. The van der Waals surface area contributed by atoms with Crippen molar-refractivity contribution in [2.75, 3.05) is 20.8 Å². The van der Waals surface area contributed by atoms with Crippen LogP contribution < -0.4 is 0 Å². The minimum absolute atomic E-state index is 0.0237. The number of carbonyl (C=O) groups excluding carboxylic acids is 2. The topological polar surface area (TPSA) is 52.6 Å². The fourth-order valence-corrected chi connectivity index (χ4v) is 5.03. The van der Waals surface area contributed by atoms with E-state index in [0.717, 1.165) is 25.7 Å². The van der Waals surface area contributed by atoms with Crippen LogP contribution in [0.15, 0.2) is 22.8 Å². The number of esters is 1. The number of allylic oxidation sites excluding steroid dienone is 3. The summed E-state index contributed by atoms with van der Waals surface area (Å²) in [5, 5.41) is 0. The van der Waals surface area contributed by atoms with Crippen molar-refractivity contribution < 1.29 is 19.1 Å². The van der Waals surface area contributed by atoms with Crippen LogP contribution in [-0.2, 0) is 19.1 Å². The highest BCUT2D eigenvalue weighted by Gasteiger charge is 2.48. The molecule has 4 atom stereocenters. The molecule has 3 aliphatic rings. The van der Waals surface area contributed by atoms with E-state index >= 15 is 0 Å². The van der Waals surface area contributed by atoms with Gasteiger partial charge in [-0.3, -0.25) is 9.59 Å². The van der Waals surface area contributed by atoms with Crippen LogP contribution in [0.25, 0.3) is 0 Å². The third-order valence-electron chi connectivity index (χ3n) is 6.36. The summed E-state index contributed by atoms with van der Waals surface area (Å²) in [6.07, 6.45) is 6.68. The van der Waals surface area contributed by atoms with E-state index < -0.39 is 5.92 Å². The molecule has 0 radical (unpaired) electrons. The molecular weight excluding hydrogens is 304 g/mol. The van der Waals surface area contributed by atoms with Crippen molar-refractivity contribution >= 4 is 11.8 Å². The first-order valence-corrected chi connectivity index (χ1v) is 8.92. The zero-order valence-electron chi connectivity index (χ0n) is 15.2. The molecule has 1 saturated carbocycles. The molecule has 0 aliphatic heterocycles. The molecule has 1 fully saturated rings. The molecule has 0 aromatic rings. The Morgan fingerprint density at radius 2 is 2.08 bits per heavy atom. The number of hydrogen-bond donors (Lipinski definition) is 0. The number of ketones is 1. The molecule has 0 N–H and O–H groups in total. The van der Waals surface area contributed by atoms with Crippen molar-refractivity contribution in [1.82, 2.24) is 0 Å². The predicted molar refractivity (Wildman–Crippen MR) is 91.3 cm³/mol. The largest absolute Gasteiger partial charge is 0.468 e. The Morgan fingerprint density at radius 3 is 2.75 bits per heavy atom. The minimum Gasteiger partial charge on any atom is -0.468 e. The molecule has 0 aromatic carbocycles. The Balaban J connectivity index is 2.11. The van der Waals surface area contributed by atoms with Crippen LogP contribution >= 0.6 is 0 Å². The van der Waals surface area contributed by atoms with Gasteiger partial charge in [0.1, 0.15) is 5.92 Å². The lowest BCUT2D eigenvalue weighted by Gasteiger charge is -2.33. The van der Waals surface area contributed by atoms with Crippen LogP contribution in [0, 0.1) is 23.2 Å². The lowest BCUT2D eigenvalue weighted by molar-refractivity contribution is -0.151. The maximum atomic E-state index is 13.0. The summed E-state index contributed by atoms with van der Waals surface area (Å²) in [6, 6.07) is 0. The summed E-state index contributed by atoms with van der Waals surface area (Å²) >= 11 is 0. The van der Waals surface area contributed by atoms with Crippen molar-refractivity contribution in [2.45, 2.75) is 46.0 Å². The quantitative estimate of drug-likeness (QED) is 0.451. The van der Waals surface area contributed by atoms with Gasteiger partial charge in [0.05, 0.1) is 13.7 Å². The summed E-state index contributed by atoms with van der Waals surface area (Å²) in [6.45, 7) is 5.02. The fraction of sp³-hybridized carbons (Fsp3) is 0.700. The molecule has 3 aliphatic carbocycles. The highest BCUT2D eigenvalue weighted by molar-refractivity contribution is 6.01. The summed E-state index contributed by atoms with van der Waals surface area (Å²) in [5.74, 6) is -0.734. The number of ether oxygens (including phenoxy) is 2. The molecule has 0 heterocycles. The van der Waals surface area contributed by atoms with E-state index in [0.29, 0.717) is 18.9 Å². The van der Waals surface area contributed by atoms with Gasteiger partial charge in [-0.15, -0.1) is 0 Å². The third-order valence-corrected chi connectivity index (χ3v) is 6.36. The summed E-state index contributed by atoms with van der Waals surface area (Å²) in [7, 11) is 3.09. The van der Waals surface area contributed by atoms with Gasteiger partial charge in [0.25, 0.3) is 0 Å². The second kappa shape index (κ2) is 6.47. The SMILES string of the molecule is COC[C@H]1CCC2/C1=C\[C@@]1(C)CCC(C)=C1CC(=O)[C@H]2C(=O)OC. The summed E-state index contributed by atoms with van der Waals surface area (Å²) < 4.78 is 10.4. The van der Waals surface area contributed by atoms with Gasteiger partial charge in [0.2, 0.25) is 0 Å². The number of rotatable bonds is 3. The van der Waals surface area contributed by atoms with Crippen molar-refractivity contribution in [3.63, 3.8) is 0 Å². The molecule has 0 amide bonds. The Labute approximate surface area is 144 Å². The van der Waals surface area contributed by atoms with Crippen LogP contribution in [0.5, 0.6) is 0 Å². The van der Waals surface area contributed by atoms with E-state index in [1.165, 1.54) is 23.8 Å². The summed E-state index contributed by atoms with van der Waals surface area (Å²) in [5.41, 5.74) is 3.72. The number of methoxy groups -OCH3 is 2. The zero-order valence-corrected chi connectivity index (χ0v) is 15.2. The van der Waals surface area contributed by atoms with E-state index in [1.807, 2.05) is 0 Å². The van der Waals surface area contributed by atoms with E-state index in [1.54, 1.807) is 7.11 Å². The monoisotopic (exact) mass is 332 g/mol. The lowest BCUT2D eigenvalue weighted by atomic mass is 9.70. The van der Waals surface area contributed by atoms with Gasteiger partial charge in [-0.25, -0.2) is 0 Å². The lowest BCUT2D eigenvalue weighted by Crippen LogP contribution is -2.36. The molecule has 0 bridgehead atoms. The zero-order chi connectivity index (χ0) is 17.5. The average molecular weight is 332 g/mol. The van der Waals surface area contributed by atoms with Crippen molar-refractivity contribution in [3.8, 4) is 0 Å². The number of Topliss-reactive ketones (excluding diaryl/α,β-unsaturated/α-hetero) is 1.